The summed E-state index contributed by atoms with van der Waals surface area (Å²) in [5.74, 6) is 0.520. The number of nitrogens with zero attached hydrogens (tertiary/aromatic N) is 4. The first-order valence-corrected chi connectivity index (χ1v) is 11.1. The Balaban J connectivity index is 1.96. The van der Waals surface area contributed by atoms with Crippen molar-refractivity contribution in [3.05, 3.63) is 6.33 Å². The number of alkyl halides is 1. The molecule has 0 saturated carbocycles. The van der Waals surface area contributed by atoms with Crippen molar-refractivity contribution >= 4 is 38.9 Å². The molecule has 0 aliphatic carbocycles. The number of hydrogen-bond acceptors (Lipinski definition) is 10. The highest BCUT2D eigenvalue weighted by Crippen LogP contribution is 2.39. The molecule has 14 heteroatoms. The Morgan fingerprint density at radius 3 is 2.72 bits per heavy atom. The monoisotopic (exact) mass is 450 g/mol. The first kappa shape index (κ1) is 22.1. The molecule has 2 aromatic rings. The first-order chi connectivity index (χ1) is 13.5. The topological polar surface area (TPSA) is 168 Å². The largest absolute Gasteiger partial charge is 0.387 e. The van der Waals surface area contributed by atoms with E-state index in [2.05, 4.69) is 33.1 Å². The van der Waals surface area contributed by atoms with Crippen LogP contribution in [0.3, 0.4) is 0 Å². The van der Waals surface area contributed by atoms with Crippen LogP contribution in [-0.2, 0) is 19.2 Å². The maximum Gasteiger partial charge on any atom is 0.333 e. The highest BCUT2D eigenvalue weighted by molar-refractivity contribution is 8.00. The molecule has 2 aromatic heterocycles. The number of thioether (sulfide) groups is 1. The van der Waals surface area contributed by atoms with Gasteiger partial charge in [-0.25, -0.2) is 24.2 Å². The lowest BCUT2D eigenvalue weighted by atomic mass is 10.1. The van der Waals surface area contributed by atoms with Gasteiger partial charge in [0.1, 0.15) is 29.4 Å². The first-order valence-electron chi connectivity index (χ1n) is 8.79. The summed E-state index contributed by atoms with van der Waals surface area (Å²) >= 11 is 1.44. The SMILES string of the molecule is CC(C)[C@@H](C)Sc1nn([C@@H]2O[C@H](COS(N)(=O)=O)[C@@H](O)[C@@H]2F)c2ncnc(N)c12. The number of aliphatic hydroxyl groups is 1. The molecule has 29 heavy (non-hydrogen) atoms. The number of nitrogen functional groups attached to an aromatic ring is 1. The van der Waals surface area contributed by atoms with E-state index in [9.17, 15) is 17.9 Å². The Bertz CT molecular complexity index is 987. The summed E-state index contributed by atoms with van der Waals surface area (Å²) in [4.78, 5) is 8.13. The molecule has 11 nitrogen and oxygen atoms in total. The van der Waals surface area contributed by atoms with E-state index in [4.69, 9.17) is 15.6 Å². The second-order valence-electron chi connectivity index (χ2n) is 7.05. The highest BCUT2D eigenvalue weighted by atomic mass is 32.2. The van der Waals surface area contributed by atoms with Crippen LogP contribution in [0.15, 0.2) is 11.4 Å². The molecule has 1 aliphatic rings. The number of nitrogens with two attached hydrogens (primary N) is 2. The number of aliphatic hydroxyl groups excluding tert-OH is 1. The van der Waals surface area contributed by atoms with Gasteiger partial charge < -0.3 is 15.6 Å². The lowest BCUT2D eigenvalue weighted by molar-refractivity contribution is -0.0456. The zero-order valence-corrected chi connectivity index (χ0v) is 17.6. The van der Waals surface area contributed by atoms with Crippen molar-refractivity contribution in [3.8, 4) is 0 Å². The molecule has 162 valence electrons. The highest BCUT2D eigenvalue weighted by Gasteiger charge is 2.47. The summed E-state index contributed by atoms with van der Waals surface area (Å²) in [6, 6.07) is 0. The number of rotatable bonds is 7. The number of fused-ring (bicyclic) bond motifs is 1. The normalized spacial score (nSPS) is 26.4. The molecule has 5 atom stereocenters. The molecule has 0 aromatic carbocycles. The van der Waals surface area contributed by atoms with E-state index in [0.717, 1.165) is 0 Å². The van der Waals surface area contributed by atoms with Gasteiger partial charge in [0.05, 0.1) is 12.0 Å². The van der Waals surface area contributed by atoms with Crippen molar-refractivity contribution in [1.29, 1.82) is 0 Å². The molecule has 1 saturated heterocycles. The zero-order chi connectivity index (χ0) is 21.5. The van der Waals surface area contributed by atoms with Gasteiger partial charge in [-0.3, -0.25) is 4.18 Å². The second-order valence-corrected chi connectivity index (χ2v) is 9.64. The van der Waals surface area contributed by atoms with E-state index < -0.39 is 41.5 Å². The van der Waals surface area contributed by atoms with Gasteiger partial charge in [-0.1, -0.05) is 20.8 Å². The minimum Gasteiger partial charge on any atom is -0.387 e. The Morgan fingerprint density at radius 1 is 1.41 bits per heavy atom. The number of hydrogen-bond donors (Lipinski definition) is 3. The Morgan fingerprint density at radius 2 is 2.10 bits per heavy atom. The van der Waals surface area contributed by atoms with Crippen LogP contribution < -0.4 is 10.9 Å². The molecular weight excluding hydrogens is 427 g/mol. The summed E-state index contributed by atoms with van der Waals surface area (Å²) in [5, 5.41) is 20.5. The Hall–Kier alpha value is -1.58. The summed E-state index contributed by atoms with van der Waals surface area (Å²) in [6.45, 7) is 5.50. The van der Waals surface area contributed by atoms with Crippen molar-refractivity contribution in [2.24, 2.45) is 11.1 Å². The Labute approximate surface area is 171 Å². The summed E-state index contributed by atoms with van der Waals surface area (Å²) in [6.07, 6.45) is -4.97. The molecule has 0 spiro atoms. The van der Waals surface area contributed by atoms with Crippen molar-refractivity contribution < 1.29 is 26.8 Å². The third-order valence-electron chi connectivity index (χ3n) is 4.65. The molecule has 1 aliphatic heterocycles. The fourth-order valence-corrected chi connectivity index (χ4v) is 4.13. The summed E-state index contributed by atoms with van der Waals surface area (Å²) < 4.78 is 47.9. The predicted molar refractivity (Wildman–Crippen MR) is 104 cm³/mol. The van der Waals surface area contributed by atoms with Crippen LogP contribution in [-0.4, -0.2) is 63.5 Å². The average molecular weight is 451 g/mol. The third-order valence-corrected chi connectivity index (χ3v) is 6.54. The molecule has 0 unspecified atom stereocenters. The van der Waals surface area contributed by atoms with E-state index in [-0.39, 0.29) is 16.7 Å². The minimum atomic E-state index is -4.27. The van der Waals surface area contributed by atoms with Crippen molar-refractivity contribution in [2.75, 3.05) is 12.3 Å². The lowest BCUT2D eigenvalue weighted by Gasteiger charge is -2.15. The molecule has 0 bridgehead atoms. The van der Waals surface area contributed by atoms with Gasteiger partial charge in [-0.05, 0) is 5.92 Å². The second kappa shape index (κ2) is 8.28. The van der Waals surface area contributed by atoms with Crippen molar-refractivity contribution in [1.82, 2.24) is 19.7 Å². The van der Waals surface area contributed by atoms with Gasteiger partial charge in [-0.15, -0.1) is 11.8 Å². The fraction of sp³-hybridized carbons (Fsp3) is 0.667. The van der Waals surface area contributed by atoms with Crippen LogP contribution in [0.4, 0.5) is 10.2 Å². The molecule has 3 rings (SSSR count). The fourth-order valence-electron chi connectivity index (χ4n) is 2.74. The van der Waals surface area contributed by atoms with Gasteiger partial charge in [0, 0.05) is 5.25 Å². The van der Waals surface area contributed by atoms with Crippen molar-refractivity contribution in [3.63, 3.8) is 0 Å². The van der Waals surface area contributed by atoms with Crippen LogP contribution in [0.5, 0.6) is 0 Å². The van der Waals surface area contributed by atoms with E-state index in [1.165, 1.54) is 22.8 Å². The van der Waals surface area contributed by atoms with Gasteiger partial charge in [-0.2, -0.15) is 13.5 Å². The number of anilines is 1. The van der Waals surface area contributed by atoms with Gasteiger partial charge in [0.15, 0.2) is 18.0 Å². The van der Waals surface area contributed by atoms with E-state index in [1.807, 2.05) is 6.92 Å². The summed E-state index contributed by atoms with van der Waals surface area (Å²) in [7, 11) is -4.27. The molecular formula is C15H23FN6O5S2. The molecule has 0 radical (unpaired) electrons. The van der Waals surface area contributed by atoms with Crippen LogP contribution >= 0.6 is 11.8 Å². The predicted octanol–water partition coefficient (Wildman–Crippen LogP) is 0.362. The lowest BCUT2D eigenvalue weighted by Crippen LogP contribution is -2.33. The minimum absolute atomic E-state index is 0.174. The zero-order valence-electron chi connectivity index (χ0n) is 16.0. The third kappa shape index (κ3) is 4.62. The van der Waals surface area contributed by atoms with Crippen LogP contribution in [0.1, 0.15) is 27.0 Å². The van der Waals surface area contributed by atoms with Crippen LogP contribution in [0.2, 0.25) is 0 Å². The van der Waals surface area contributed by atoms with Crippen molar-refractivity contribution in [2.45, 2.75) is 55.7 Å². The molecule has 1 fully saturated rings. The van der Waals surface area contributed by atoms with Gasteiger partial charge in [0.2, 0.25) is 0 Å². The maximum absolute atomic E-state index is 14.8. The molecule has 3 heterocycles. The van der Waals surface area contributed by atoms with Crippen LogP contribution in [0, 0.1) is 5.92 Å². The smallest absolute Gasteiger partial charge is 0.333 e. The van der Waals surface area contributed by atoms with E-state index >= 15 is 0 Å². The quantitative estimate of drug-likeness (QED) is 0.501. The molecule has 5 N–H and O–H groups in total. The van der Waals surface area contributed by atoms with Crippen LogP contribution in [0.25, 0.3) is 11.0 Å². The number of halogens is 1. The number of ether oxygens (including phenoxy) is 1. The standard InChI is InChI=1S/C15H23FN6O5S2/c1-6(2)7(3)28-14-9-12(17)19-5-20-13(9)22(21-14)15-10(16)11(23)8(27-15)4-26-29(18,24)25/h5-8,10-11,15,23H,4H2,1-3H3,(H2,17,19,20)(H2,18,24,25)/t7-,8-,10+,11-,15-/m1/s1. The summed E-state index contributed by atoms with van der Waals surface area (Å²) in [5.41, 5.74) is 6.24. The maximum atomic E-state index is 14.8. The number of aromatic nitrogens is 4. The Kier molecular flexibility index (Phi) is 6.31. The average Bonchev–Trinajstić information content (AvgIpc) is 3.12. The molecule has 0 amide bonds. The van der Waals surface area contributed by atoms with E-state index in [0.29, 0.717) is 16.3 Å². The van der Waals surface area contributed by atoms with E-state index in [1.54, 1.807) is 0 Å². The van der Waals surface area contributed by atoms with Gasteiger partial charge >= 0.3 is 10.3 Å². The van der Waals surface area contributed by atoms with Gasteiger partial charge in [0.25, 0.3) is 0 Å².